The Morgan fingerprint density at radius 3 is 2.53 bits per heavy atom. The van der Waals surface area contributed by atoms with Gasteiger partial charge in [-0.25, -0.2) is 9.78 Å². The van der Waals surface area contributed by atoms with E-state index < -0.39 is 18.1 Å². The molecule has 2 heterocycles. The summed E-state index contributed by atoms with van der Waals surface area (Å²) in [6, 6.07) is 2.15. The number of nitrogens with two attached hydrogens (primary N) is 2. The smallest absolute Gasteiger partial charge is 0.328 e. The highest BCUT2D eigenvalue weighted by Crippen LogP contribution is 2.34. The molecule has 0 saturated heterocycles. The number of nitrogens with zero attached hydrogens (tertiary/aromatic N) is 1. The highest BCUT2D eigenvalue weighted by molar-refractivity contribution is 7.98. The number of hydrogen-bond donors (Lipinski definition) is 2. The van der Waals surface area contributed by atoms with Crippen molar-refractivity contribution in [3.63, 3.8) is 0 Å². The molecule has 0 aliphatic rings. The van der Waals surface area contributed by atoms with E-state index in [0.29, 0.717) is 52.3 Å². The SMILES string of the molecule is CCc1cc2c(=O)c(-c3nc(C)cs3)c(C(N)CCSC)oc2cc1OC(=O)C(N)CCSC. The van der Waals surface area contributed by atoms with E-state index in [1.807, 2.05) is 31.7 Å². The van der Waals surface area contributed by atoms with E-state index >= 15 is 0 Å². The monoisotopic (exact) mass is 521 g/mol. The van der Waals surface area contributed by atoms with Gasteiger partial charge >= 0.3 is 5.97 Å². The molecular formula is C24H31N3O4S3. The third-order valence-electron chi connectivity index (χ3n) is 5.43. The van der Waals surface area contributed by atoms with E-state index in [4.69, 9.17) is 20.6 Å². The zero-order valence-electron chi connectivity index (χ0n) is 19.9. The van der Waals surface area contributed by atoms with Crippen LogP contribution in [0.25, 0.3) is 21.5 Å². The zero-order chi connectivity index (χ0) is 24.8. The Labute approximate surface area is 212 Å². The van der Waals surface area contributed by atoms with Crippen LogP contribution in [0.1, 0.15) is 42.8 Å². The minimum atomic E-state index is -0.717. The highest BCUT2D eigenvalue weighted by Gasteiger charge is 2.25. The molecule has 0 fully saturated rings. The van der Waals surface area contributed by atoms with E-state index in [-0.39, 0.29) is 5.43 Å². The topological polar surface area (TPSA) is 121 Å². The average molecular weight is 522 g/mol. The fourth-order valence-electron chi connectivity index (χ4n) is 3.51. The number of fused-ring (bicyclic) bond motifs is 1. The number of carbonyl (C=O) groups excluding carboxylic acids is 1. The first-order chi connectivity index (χ1) is 16.3. The van der Waals surface area contributed by atoms with Crippen molar-refractivity contribution in [1.82, 2.24) is 4.98 Å². The second kappa shape index (κ2) is 12.2. The zero-order valence-corrected chi connectivity index (χ0v) is 22.3. The molecule has 34 heavy (non-hydrogen) atoms. The quantitative estimate of drug-likeness (QED) is 0.277. The Morgan fingerprint density at radius 2 is 1.91 bits per heavy atom. The number of aromatic nitrogens is 1. The molecule has 0 aliphatic carbocycles. The van der Waals surface area contributed by atoms with Crippen molar-refractivity contribution < 1.29 is 13.9 Å². The van der Waals surface area contributed by atoms with E-state index in [2.05, 4.69) is 4.98 Å². The molecule has 0 spiro atoms. The van der Waals surface area contributed by atoms with Crippen LogP contribution in [-0.4, -0.2) is 41.0 Å². The summed E-state index contributed by atoms with van der Waals surface area (Å²) in [5, 5.41) is 2.90. The number of hydrogen-bond acceptors (Lipinski definition) is 10. The number of carbonyl (C=O) groups is 1. The minimum Gasteiger partial charge on any atom is -0.458 e. The molecule has 3 aromatic rings. The Balaban J connectivity index is 2.14. The average Bonchev–Trinajstić information content (AvgIpc) is 3.25. The molecular weight excluding hydrogens is 490 g/mol. The molecule has 7 nitrogen and oxygen atoms in total. The largest absolute Gasteiger partial charge is 0.458 e. The Hall–Kier alpha value is -1.85. The first-order valence-corrected chi connectivity index (χ1v) is 14.7. The van der Waals surface area contributed by atoms with Gasteiger partial charge in [0.15, 0.2) is 0 Å². The molecule has 0 aliphatic heterocycles. The molecule has 184 valence electrons. The van der Waals surface area contributed by atoms with E-state index in [1.54, 1.807) is 35.7 Å². The number of esters is 1. The van der Waals surface area contributed by atoms with Gasteiger partial charge in [0, 0.05) is 17.1 Å². The van der Waals surface area contributed by atoms with Crippen molar-refractivity contribution in [3.05, 3.63) is 44.8 Å². The van der Waals surface area contributed by atoms with Gasteiger partial charge in [-0.2, -0.15) is 23.5 Å². The van der Waals surface area contributed by atoms with Crippen LogP contribution in [0.3, 0.4) is 0 Å². The molecule has 2 unspecified atom stereocenters. The standard InChI is InChI=1S/C24H31N3O4S3/c1-5-14-10-15-19(11-18(14)31-24(29)17(26)7-9-33-4)30-22(16(25)6-8-32-3)20(21(15)28)23-27-13(2)12-34-23/h10-12,16-17H,5-9,25-26H2,1-4H3. The molecule has 4 N–H and O–H groups in total. The summed E-state index contributed by atoms with van der Waals surface area (Å²) in [5.74, 6) is 1.84. The van der Waals surface area contributed by atoms with Crippen molar-refractivity contribution in [2.45, 2.75) is 45.2 Å². The van der Waals surface area contributed by atoms with Crippen LogP contribution in [0, 0.1) is 6.92 Å². The van der Waals surface area contributed by atoms with Gasteiger partial charge < -0.3 is 20.6 Å². The van der Waals surface area contributed by atoms with Crippen molar-refractivity contribution in [2.24, 2.45) is 11.5 Å². The molecule has 2 aromatic heterocycles. The van der Waals surface area contributed by atoms with Crippen LogP contribution in [0.5, 0.6) is 5.75 Å². The van der Waals surface area contributed by atoms with Crippen LogP contribution in [0.4, 0.5) is 0 Å². The molecule has 1 aromatic carbocycles. The van der Waals surface area contributed by atoms with Crippen LogP contribution >= 0.6 is 34.9 Å². The van der Waals surface area contributed by atoms with E-state index in [1.165, 1.54) is 11.3 Å². The Kier molecular flexibility index (Phi) is 9.61. The second-order valence-corrected chi connectivity index (χ2v) is 10.8. The maximum Gasteiger partial charge on any atom is 0.328 e. The van der Waals surface area contributed by atoms with Gasteiger partial charge in [-0.1, -0.05) is 6.92 Å². The first kappa shape index (κ1) is 26.7. The highest BCUT2D eigenvalue weighted by atomic mass is 32.2. The predicted molar refractivity (Wildman–Crippen MR) is 144 cm³/mol. The number of benzene rings is 1. The van der Waals surface area contributed by atoms with Crippen molar-refractivity contribution in [1.29, 1.82) is 0 Å². The maximum atomic E-state index is 13.7. The fraction of sp³-hybridized carbons (Fsp3) is 0.458. The summed E-state index contributed by atoms with van der Waals surface area (Å²) in [5.41, 5.74) is 14.6. The lowest BCUT2D eigenvalue weighted by Gasteiger charge is -2.17. The summed E-state index contributed by atoms with van der Waals surface area (Å²) >= 11 is 4.69. The van der Waals surface area contributed by atoms with Gasteiger partial charge in [-0.3, -0.25) is 4.79 Å². The van der Waals surface area contributed by atoms with Gasteiger partial charge in [0.05, 0.1) is 17.0 Å². The number of thioether (sulfide) groups is 2. The molecule has 0 amide bonds. The lowest BCUT2D eigenvalue weighted by atomic mass is 10.0. The van der Waals surface area contributed by atoms with Gasteiger partial charge in [0.2, 0.25) is 5.43 Å². The van der Waals surface area contributed by atoms with Gasteiger partial charge in [0.1, 0.15) is 28.1 Å². The lowest BCUT2D eigenvalue weighted by Crippen LogP contribution is -2.34. The van der Waals surface area contributed by atoms with E-state index in [0.717, 1.165) is 22.8 Å². The van der Waals surface area contributed by atoms with Crippen molar-refractivity contribution in [2.75, 3.05) is 24.0 Å². The number of ether oxygens (including phenoxy) is 1. The van der Waals surface area contributed by atoms with Crippen LogP contribution in [-0.2, 0) is 11.2 Å². The van der Waals surface area contributed by atoms with Crippen LogP contribution < -0.4 is 21.6 Å². The first-order valence-electron chi connectivity index (χ1n) is 11.1. The van der Waals surface area contributed by atoms with Gasteiger partial charge in [-0.05, 0) is 61.8 Å². The number of rotatable bonds is 11. The van der Waals surface area contributed by atoms with Crippen LogP contribution in [0.15, 0.2) is 26.7 Å². The summed E-state index contributed by atoms with van der Waals surface area (Å²) in [4.78, 5) is 30.8. The summed E-state index contributed by atoms with van der Waals surface area (Å²) in [6.07, 6.45) is 5.70. The summed E-state index contributed by atoms with van der Waals surface area (Å²) < 4.78 is 11.9. The minimum absolute atomic E-state index is 0.186. The molecule has 2 atom stereocenters. The third-order valence-corrected chi connectivity index (χ3v) is 7.70. The number of aryl methyl sites for hydroxylation is 2. The second-order valence-electron chi connectivity index (χ2n) is 7.97. The predicted octanol–water partition coefficient (Wildman–Crippen LogP) is 4.53. The van der Waals surface area contributed by atoms with E-state index in [9.17, 15) is 9.59 Å². The van der Waals surface area contributed by atoms with Gasteiger partial charge in [0.25, 0.3) is 0 Å². The Morgan fingerprint density at radius 1 is 1.21 bits per heavy atom. The third kappa shape index (κ3) is 6.04. The van der Waals surface area contributed by atoms with Gasteiger partial charge in [-0.15, -0.1) is 11.3 Å². The molecule has 10 heteroatoms. The number of thiazole rings is 1. The summed E-state index contributed by atoms with van der Waals surface area (Å²) in [6.45, 7) is 3.82. The molecule has 0 bridgehead atoms. The molecule has 0 radical (unpaired) electrons. The Bertz CT molecular complexity index is 1210. The summed E-state index contributed by atoms with van der Waals surface area (Å²) in [7, 11) is 0. The fourth-order valence-corrected chi connectivity index (χ4v) is 5.33. The van der Waals surface area contributed by atoms with Crippen molar-refractivity contribution in [3.8, 4) is 16.3 Å². The normalized spacial score (nSPS) is 13.2. The lowest BCUT2D eigenvalue weighted by molar-refractivity contribution is -0.135. The maximum absolute atomic E-state index is 13.7. The van der Waals surface area contributed by atoms with Crippen LogP contribution in [0.2, 0.25) is 0 Å². The van der Waals surface area contributed by atoms with Crippen molar-refractivity contribution >= 4 is 51.8 Å². The molecule has 3 rings (SSSR count). The molecule has 0 saturated carbocycles.